The average molecular weight is 237 g/mol. The van der Waals surface area contributed by atoms with Crippen LogP contribution in [0.1, 0.15) is 44.3 Å². The fourth-order valence-electron chi connectivity index (χ4n) is 2.56. The minimum atomic E-state index is 0.476. The number of rotatable bonds is 5. The molecule has 2 unspecified atom stereocenters. The molecule has 0 bridgehead atoms. The Hall–Kier alpha value is -0.870. The van der Waals surface area contributed by atoms with E-state index in [1.165, 1.54) is 25.0 Å². The van der Waals surface area contributed by atoms with Crippen LogP contribution in [0.4, 0.5) is 0 Å². The second-order valence-corrected chi connectivity index (χ2v) is 4.91. The zero-order chi connectivity index (χ0) is 12.1. The van der Waals surface area contributed by atoms with Gasteiger partial charge in [-0.1, -0.05) is 0 Å². The number of aryl methyl sites for hydroxylation is 1. The number of hydrogen-bond acceptors (Lipinski definition) is 3. The lowest BCUT2D eigenvalue weighted by molar-refractivity contribution is 0.189. The van der Waals surface area contributed by atoms with E-state index < -0.39 is 0 Å². The molecule has 4 heteroatoms. The Morgan fingerprint density at radius 2 is 2.41 bits per heavy atom. The van der Waals surface area contributed by atoms with Crippen molar-refractivity contribution < 1.29 is 4.74 Å². The third kappa shape index (κ3) is 3.30. The Morgan fingerprint density at radius 3 is 3.18 bits per heavy atom. The van der Waals surface area contributed by atoms with E-state index in [1.54, 1.807) is 7.11 Å². The Balaban J connectivity index is 1.97. The van der Waals surface area contributed by atoms with Crippen LogP contribution in [-0.4, -0.2) is 29.3 Å². The molecule has 1 fully saturated rings. The highest BCUT2D eigenvalue weighted by atomic mass is 16.5. The van der Waals surface area contributed by atoms with Crippen LogP contribution in [0.25, 0.3) is 0 Å². The molecular weight excluding hydrogens is 214 g/mol. The molecule has 1 aromatic heterocycles. The van der Waals surface area contributed by atoms with Gasteiger partial charge in [0, 0.05) is 38.5 Å². The summed E-state index contributed by atoms with van der Waals surface area (Å²) in [5.41, 5.74) is 1.33. The fourth-order valence-corrected chi connectivity index (χ4v) is 2.56. The minimum Gasteiger partial charge on any atom is -0.385 e. The van der Waals surface area contributed by atoms with E-state index >= 15 is 0 Å². The molecule has 1 aliphatic rings. The first-order valence-electron chi connectivity index (χ1n) is 6.56. The lowest BCUT2D eigenvalue weighted by Gasteiger charge is -2.29. The van der Waals surface area contributed by atoms with Crippen molar-refractivity contribution in [2.24, 2.45) is 0 Å². The van der Waals surface area contributed by atoms with Gasteiger partial charge >= 0.3 is 0 Å². The van der Waals surface area contributed by atoms with Crippen molar-refractivity contribution in [1.82, 2.24) is 14.9 Å². The van der Waals surface area contributed by atoms with Gasteiger partial charge in [-0.25, -0.2) is 4.98 Å². The van der Waals surface area contributed by atoms with Crippen LogP contribution in [0.5, 0.6) is 0 Å². The Morgan fingerprint density at radius 1 is 1.53 bits per heavy atom. The van der Waals surface area contributed by atoms with Gasteiger partial charge in [0.25, 0.3) is 0 Å². The van der Waals surface area contributed by atoms with E-state index in [2.05, 4.69) is 21.8 Å². The maximum Gasteiger partial charge on any atom is 0.0948 e. The molecule has 1 aliphatic heterocycles. The second-order valence-electron chi connectivity index (χ2n) is 4.91. The molecule has 0 aromatic carbocycles. The predicted molar refractivity (Wildman–Crippen MR) is 67.9 cm³/mol. The van der Waals surface area contributed by atoms with E-state index in [0.717, 1.165) is 19.6 Å². The zero-order valence-corrected chi connectivity index (χ0v) is 10.9. The molecule has 2 heterocycles. The van der Waals surface area contributed by atoms with Gasteiger partial charge in [0.05, 0.1) is 12.0 Å². The number of piperidine rings is 1. The van der Waals surface area contributed by atoms with Crippen LogP contribution in [0.3, 0.4) is 0 Å². The molecule has 17 heavy (non-hydrogen) atoms. The van der Waals surface area contributed by atoms with Gasteiger partial charge in [0.15, 0.2) is 0 Å². The largest absolute Gasteiger partial charge is 0.385 e. The number of ether oxygens (including phenoxy) is 1. The number of nitrogens with zero attached hydrogens (tertiary/aromatic N) is 2. The summed E-state index contributed by atoms with van der Waals surface area (Å²) in [7, 11) is 1.75. The monoisotopic (exact) mass is 237 g/mol. The van der Waals surface area contributed by atoms with E-state index in [9.17, 15) is 0 Å². The molecule has 0 amide bonds. The summed E-state index contributed by atoms with van der Waals surface area (Å²) < 4.78 is 7.35. The molecule has 0 saturated carbocycles. The third-order valence-corrected chi connectivity index (χ3v) is 3.46. The number of aromatic nitrogens is 2. The Bertz CT molecular complexity index is 337. The SMILES string of the molecule is COCCCn1cncc1C1CCCC(C)N1. The van der Waals surface area contributed by atoms with Crippen molar-refractivity contribution in [2.45, 2.75) is 51.2 Å². The third-order valence-electron chi connectivity index (χ3n) is 3.46. The smallest absolute Gasteiger partial charge is 0.0948 e. The molecule has 4 nitrogen and oxygen atoms in total. The summed E-state index contributed by atoms with van der Waals surface area (Å²) in [6.45, 7) is 4.07. The molecule has 2 atom stereocenters. The molecule has 1 aromatic rings. The maximum absolute atomic E-state index is 5.09. The van der Waals surface area contributed by atoms with Gasteiger partial charge in [-0.05, 0) is 32.6 Å². The van der Waals surface area contributed by atoms with Crippen molar-refractivity contribution in [3.63, 3.8) is 0 Å². The van der Waals surface area contributed by atoms with Gasteiger partial charge in [-0.3, -0.25) is 0 Å². The average Bonchev–Trinajstić information content (AvgIpc) is 2.78. The van der Waals surface area contributed by atoms with Crippen LogP contribution >= 0.6 is 0 Å². The summed E-state index contributed by atoms with van der Waals surface area (Å²) >= 11 is 0. The van der Waals surface area contributed by atoms with E-state index in [1.807, 2.05) is 12.5 Å². The molecule has 0 radical (unpaired) electrons. The van der Waals surface area contributed by atoms with Crippen molar-refractivity contribution in [3.05, 3.63) is 18.2 Å². The molecule has 2 rings (SSSR count). The van der Waals surface area contributed by atoms with Crippen molar-refractivity contribution in [2.75, 3.05) is 13.7 Å². The predicted octanol–water partition coefficient (Wildman–Crippen LogP) is 2.12. The van der Waals surface area contributed by atoms with Crippen LogP contribution in [0.2, 0.25) is 0 Å². The van der Waals surface area contributed by atoms with Crippen molar-refractivity contribution in [3.8, 4) is 0 Å². The second kappa shape index (κ2) is 6.17. The van der Waals surface area contributed by atoms with Crippen LogP contribution < -0.4 is 5.32 Å². The lowest BCUT2D eigenvalue weighted by atomic mass is 9.97. The molecule has 0 spiro atoms. The fraction of sp³-hybridized carbons (Fsp3) is 0.769. The molecule has 96 valence electrons. The molecular formula is C13H23N3O. The van der Waals surface area contributed by atoms with Crippen LogP contribution in [-0.2, 0) is 11.3 Å². The summed E-state index contributed by atoms with van der Waals surface area (Å²) in [6, 6.07) is 1.10. The molecule has 0 aliphatic carbocycles. The Kier molecular flexibility index (Phi) is 4.57. The van der Waals surface area contributed by atoms with Gasteiger partial charge in [-0.15, -0.1) is 0 Å². The summed E-state index contributed by atoms with van der Waals surface area (Å²) in [6.07, 6.45) is 8.80. The topological polar surface area (TPSA) is 39.1 Å². The van der Waals surface area contributed by atoms with Crippen LogP contribution in [0, 0.1) is 0 Å². The zero-order valence-electron chi connectivity index (χ0n) is 10.9. The van der Waals surface area contributed by atoms with Crippen LogP contribution in [0.15, 0.2) is 12.5 Å². The van der Waals surface area contributed by atoms with E-state index in [4.69, 9.17) is 4.74 Å². The Labute approximate surface area is 103 Å². The normalized spacial score (nSPS) is 25.1. The van der Waals surface area contributed by atoms with E-state index in [0.29, 0.717) is 12.1 Å². The first kappa shape index (κ1) is 12.6. The van der Waals surface area contributed by atoms with E-state index in [-0.39, 0.29) is 0 Å². The number of nitrogens with one attached hydrogen (secondary N) is 1. The van der Waals surface area contributed by atoms with Crippen molar-refractivity contribution >= 4 is 0 Å². The maximum atomic E-state index is 5.09. The quantitative estimate of drug-likeness (QED) is 0.797. The van der Waals surface area contributed by atoms with Gasteiger partial charge in [-0.2, -0.15) is 0 Å². The first-order chi connectivity index (χ1) is 8.31. The lowest BCUT2D eigenvalue weighted by Crippen LogP contribution is -2.35. The summed E-state index contributed by atoms with van der Waals surface area (Å²) in [5.74, 6) is 0. The van der Waals surface area contributed by atoms with Gasteiger partial charge < -0.3 is 14.6 Å². The standard InChI is InChI=1S/C13H23N3O/c1-11-5-3-6-12(15-11)13-9-14-10-16(13)7-4-8-17-2/h9-12,15H,3-8H2,1-2H3. The van der Waals surface area contributed by atoms with Crippen molar-refractivity contribution in [1.29, 1.82) is 0 Å². The molecule has 1 N–H and O–H groups in total. The van der Waals surface area contributed by atoms with Gasteiger partial charge in [0.1, 0.15) is 0 Å². The summed E-state index contributed by atoms with van der Waals surface area (Å²) in [4.78, 5) is 4.28. The van der Waals surface area contributed by atoms with Gasteiger partial charge in [0.2, 0.25) is 0 Å². The molecule has 1 saturated heterocycles. The number of imidazole rings is 1. The minimum absolute atomic E-state index is 0.476. The highest BCUT2D eigenvalue weighted by molar-refractivity contribution is 5.07. The number of methoxy groups -OCH3 is 1. The first-order valence-corrected chi connectivity index (χ1v) is 6.56. The highest BCUT2D eigenvalue weighted by Crippen LogP contribution is 2.25. The highest BCUT2D eigenvalue weighted by Gasteiger charge is 2.21. The number of hydrogen-bond donors (Lipinski definition) is 1. The summed E-state index contributed by atoms with van der Waals surface area (Å²) in [5, 5.41) is 3.66.